The molecule has 0 fully saturated rings. The first-order valence-corrected chi connectivity index (χ1v) is 10.5. The van der Waals surface area contributed by atoms with Crippen LogP contribution in [0.1, 0.15) is 59.4 Å². The topological polar surface area (TPSA) is 15.8 Å². The highest BCUT2D eigenvalue weighted by molar-refractivity contribution is 7.11. The number of aromatic nitrogens is 1. The molecule has 1 nitrogen and oxygen atoms in total. The minimum Gasteiger partial charge on any atom is -0.361 e. The van der Waals surface area contributed by atoms with Gasteiger partial charge in [-0.3, -0.25) is 0 Å². The summed E-state index contributed by atoms with van der Waals surface area (Å²) in [5.41, 5.74) is 3.49. The molecule has 3 heterocycles. The lowest BCUT2D eigenvalue weighted by Crippen LogP contribution is -2.25. The van der Waals surface area contributed by atoms with Gasteiger partial charge in [-0.1, -0.05) is 66.5 Å². The van der Waals surface area contributed by atoms with Crippen LogP contribution in [0.15, 0.2) is 53.2 Å². The van der Waals surface area contributed by atoms with E-state index < -0.39 is 0 Å². The van der Waals surface area contributed by atoms with Crippen molar-refractivity contribution in [2.75, 3.05) is 0 Å². The molecule has 0 spiro atoms. The number of rotatable bonds is 2. The van der Waals surface area contributed by atoms with Crippen LogP contribution < -0.4 is 10.6 Å². The lowest BCUT2D eigenvalue weighted by atomic mass is 10.1. The first-order valence-electron chi connectivity index (χ1n) is 8.65. The van der Waals surface area contributed by atoms with Gasteiger partial charge in [0.1, 0.15) is 0 Å². The first-order chi connectivity index (χ1) is 12.1. The minimum absolute atomic E-state index is 0. The minimum atomic E-state index is 0. The van der Waals surface area contributed by atoms with E-state index in [9.17, 15) is 0 Å². The molecule has 0 saturated heterocycles. The monoisotopic (exact) mass is 389 g/mol. The molecule has 3 heteroatoms. The summed E-state index contributed by atoms with van der Waals surface area (Å²) in [5, 5.41) is 8.33. The van der Waals surface area contributed by atoms with Crippen LogP contribution in [-0.4, -0.2) is 4.98 Å². The summed E-state index contributed by atoms with van der Waals surface area (Å²) in [5.74, 6) is 0. The molecule has 144 valence electrons. The van der Waals surface area contributed by atoms with E-state index in [0.717, 1.165) is 16.5 Å². The van der Waals surface area contributed by atoms with Gasteiger partial charge in [0.05, 0.1) is 0 Å². The molecule has 0 bridgehead atoms. The van der Waals surface area contributed by atoms with Crippen LogP contribution in [0, 0.1) is 0 Å². The third-order valence-corrected chi connectivity index (χ3v) is 4.73. The van der Waals surface area contributed by atoms with Gasteiger partial charge in [-0.05, 0) is 47.2 Å². The van der Waals surface area contributed by atoms with Gasteiger partial charge in [0.2, 0.25) is 0 Å². The number of hydrogen-bond donors (Lipinski definition) is 1. The molecular formula is C23H35NS2. The van der Waals surface area contributed by atoms with Gasteiger partial charge in [0, 0.05) is 27.2 Å². The molecule has 0 aromatic carbocycles. The average Bonchev–Trinajstić information content (AvgIpc) is 3.40. The fourth-order valence-corrected chi connectivity index (χ4v) is 3.27. The van der Waals surface area contributed by atoms with Gasteiger partial charge < -0.3 is 4.98 Å². The quantitative estimate of drug-likeness (QED) is 0.478. The SMILES string of the molecule is C.C=C(C)c1c[nH]c(=C)/c1=C(/C)c1cccs1.CC.CC.c1ccsc1. The Hall–Kier alpha value is -1.84. The van der Waals surface area contributed by atoms with Crippen molar-refractivity contribution >= 4 is 40.4 Å². The van der Waals surface area contributed by atoms with Crippen LogP contribution in [0.4, 0.5) is 0 Å². The van der Waals surface area contributed by atoms with E-state index in [1.165, 1.54) is 15.7 Å². The largest absolute Gasteiger partial charge is 0.361 e. The van der Waals surface area contributed by atoms with Crippen molar-refractivity contribution in [3.63, 3.8) is 0 Å². The molecule has 3 aromatic heterocycles. The summed E-state index contributed by atoms with van der Waals surface area (Å²) in [4.78, 5) is 4.46. The van der Waals surface area contributed by atoms with E-state index in [0.29, 0.717) is 0 Å². The van der Waals surface area contributed by atoms with Crippen LogP contribution in [0.3, 0.4) is 0 Å². The van der Waals surface area contributed by atoms with Crippen molar-refractivity contribution in [1.82, 2.24) is 4.98 Å². The second-order valence-electron chi connectivity index (χ2n) is 4.73. The molecule has 3 rings (SSSR count). The van der Waals surface area contributed by atoms with Gasteiger partial charge in [-0.25, -0.2) is 0 Å². The van der Waals surface area contributed by atoms with E-state index in [4.69, 9.17) is 0 Å². The summed E-state index contributed by atoms with van der Waals surface area (Å²) in [6.45, 7) is 20.2. The zero-order valence-electron chi connectivity index (χ0n) is 16.3. The fourth-order valence-electron chi connectivity index (χ4n) is 2.07. The number of H-pyrrole nitrogens is 1. The van der Waals surface area contributed by atoms with Crippen molar-refractivity contribution in [2.45, 2.75) is 49.0 Å². The zero-order chi connectivity index (χ0) is 19.2. The third kappa shape index (κ3) is 8.03. The Kier molecular flexibility index (Phi) is 15.6. The van der Waals surface area contributed by atoms with Gasteiger partial charge in [0.25, 0.3) is 0 Å². The summed E-state index contributed by atoms with van der Waals surface area (Å²) >= 11 is 3.46. The van der Waals surface area contributed by atoms with E-state index in [-0.39, 0.29) is 7.43 Å². The van der Waals surface area contributed by atoms with Crippen molar-refractivity contribution in [3.8, 4) is 0 Å². The predicted molar refractivity (Wildman–Crippen MR) is 127 cm³/mol. The van der Waals surface area contributed by atoms with Crippen molar-refractivity contribution in [1.29, 1.82) is 0 Å². The van der Waals surface area contributed by atoms with Crippen molar-refractivity contribution < 1.29 is 0 Å². The number of allylic oxidation sites excluding steroid dienone is 1. The standard InChI is InChI=1S/C14H15NS.C4H4S.2C2H6.CH4/c1-9(2)12-8-15-11(4)14(12)10(3)13-6-5-7-16-13;1-2-4-5-3-1;2*1-2;/h5-8,15H,1,4H2,2-3H3;1-4H;2*1-2H3;1H4/b14-10+;;;;. The number of nitrogens with one attached hydrogen (secondary N) is 1. The van der Waals surface area contributed by atoms with Gasteiger partial charge in [-0.15, -0.1) is 11.3 Å². The second kappa shape index (κ2) is 15.4. The first kappa shape index (κ1) is 26.4. The molecule has 0 saturated carbocycles. The highest BCUT2D eigenvalue weighted by Crippen LogP contribution is 2.17. The van der Waals surface area contributed by atoms with Crippen LogP contribution in [0.5, 0.6) is 0 Å². The second-order valence-corrected chi connectivity index (χ2v) is 6.50. The number of hydrogen-bond acceptors (Lipinski definition) is 2. The Morgan fingerprint density at radius 2 is 1.54 bits per heavy atom. The fraction of sp³-hybridized carbons (Fsp3) is 0.304. The molecule has 1 N–H and O–H groups in total. The summed E-state index contributed by atoms with van der Waals surface area (Å²) in [6, 6.07) is 8.24. The highest BCUT2D eigenvalue weighted by Gasteiger charge is 2.05. The van der Waals surface area contributed by atoms with Gasteiger partial charge >= 0.3 is 0 Å². The maximum Gasteiger partial charge on any atom is 0.0390 e. The van der Waals surface area contributed by atoms with E-state index in [2.05, 4.69) is 42.6 Å². The summed E-state index contributed by atoms with van der Waals surface area (Å²) < 4.78 is 0. The normalized spacial score (nSPS) is 9.77. The summed E-state index contributed by atoms with van der Waals surface area (Å²) in [6.07, 6.45) is 1.98. The summed E-state index contributed by atoms with van der Waals surface area (Å²) in [7, 11) is 0. The smallest absolute Gasteiger partial charge is 0.0390 e. The predicted octanol–water partition coefficient (Wildman–Crippen LogP) is 7.18. The van der Waals surface area contributed by atoms with Crippen LogP contribution in [0.25, 0.3) is 17.7 Å². The molecule has 0 aliphatic rings. The van der Waals surface area contributed by atoms with Crippen LogP contribution in [-0.2, 0) is 0 Å². The van der Waals surface area contributed by atoms with Gasteiger partial charge in [-0.2, -0.15) is 11.3 Å². The molecule has 0 amide bonds. The van der Waals surface area contributed by atoms with E-state index >= 15 is 0 Å². The Labute approximate surface area is 168 Å². The third-order valence-electron chi connectivity index (χ3n) is 3.11. The zero-order valence-corrected chi connectivity index (χ0v) is 18.0. The van der Waals surface area contributed by atoms with Crippen molar-refractivity contribution in [2.24, 2.45) is 0 Å². The van der Waals surface area contributed by atoms with Crippen LogP contribution in [0.2, 0.25) is 0 Å². The molecule has 0 radical (unpaired) electrons. The molecular weight excluding hydrogens is 354 g/mol. The molecule has 26 heavy (non-hydrogen) atoms. The lowest BCUT2D eigenvalue weighted by Gasteiger charge is -1.99. The highest BCUT2D eigenvalue weighted by atomic mass is 32.1. The molecule has 0 unspecified atom stereocenters. The molecule has 0 aliphatic carbocycles. The Morgan fingerprint density at radius 1 is 0.962 bits per heavy atom. The van der Waals surface area contributed by atoms with Gasteiger partial charge in [0.15, 0.2) is 0 Å². The lowest BCUT2D eigenvalue weighted by molar-refractivity contribution is 1.32. The Morgan fingerprint density at radius 3 is 1.92 bits per heavy atom. The molecule has 0 atom stereocenters. The van der Waals surface area contributed by atoms with Crippen LogP contribution >= 0.6 is 22.7 Å². The van der Waals surface area contributed by atoms with E-state index in [1.807, 2.05) is 63.7 Å². The number of aromatic amines is 1. The Bertz CT molecular complexity index is 774. The molecule has 3 aromatic rings. The maximum absolute atomic E-state index is 4.04. The average molecular weight is 390 g/mol. The molecule has 0 aliphatic heterocycles. The maximum atomic E-state index is 4.04. The van der Waals surface area contributed by atoms with Crippen molar-refractivity contribution in [3.05, 3.63) is 74.2 Å². The van der Waals surface area contributed by atoms with E-state index in [1.54, 1.807) is 22.7 Å². The number of thiophene rings is 2. The Balaban J connectivity index is 0.